The van der Waals surface area contributed by atoms with E-state index in [0.29, 0.717) is 5.92 Å². The van der Waals surface area contributed by atoms with Gasteiger partial charge in [-0.1, -0.05) is 23.8 Å². The van der Waals surface area contributed by atoms with Crippen molar-refractivity contribution in [3.05, 3.63) is 41.5 Å². The number of amides is 1. The number of nitrogens with one attached hydrogen (secondary N) is 1. The largest absolute Gasteiger partial charge is 0.497 e. The molecule has 0 unspecified atom stereocenters. The van der Waals surface area contributed by atoms with Gasteiger partial charge in [0, 0.05) is 38.5 Å². The van der Waals surface area contributed by atoms with Gasteiger partial charge in [0.15, 0.2) is 0 Å². The van der Waals surface area contributed by atoms with E-state index < -0.39 is 0 Å². The molecule has 1 aliphatic rings. The monoisotopic (exact) mass is 302 g/mol. The minimum Gasteiger partial charge on any atom is -0.497 e. The fourth-order valence-electron chi connectivity index (χ4n) is 2.94. The number of rotatable bonds is 5. The Morgan fingerprint density at radius 3 is 2.50 bits per heavy atom. The minimum absolute atomic E-state index is 0.0348. The Kier molecular flexibility index (Phi) is 5.61. The smallest absolute Gasteiger partial charge is 0.217 e. The first-order chi connectivity index (χ1) is 10.5. The third-order valence-electron chi connectivity index (χ3n) is 4.09. The Morgan fingerprint density at radius 1 is 1.27 bits per heavy atom. The lowest BCUT2D eigenvalue weighted by atomic mass is 9.94. The van der Waals surface area contributed by atoms with Crippen molar-refractivity contribution in [3.63, 3.8) is 0 Å². The average molecular weight is 302 g/mol. The fourth-order valence-corrected chi connectivity index (χ4v) is 2.94. The van der Waals surface area contributed by atoms with Crippen molar-refractivity contribution in [2.24, 2.45) is 0 Å². The molecule has 0 bridgehead atoms. The summed E-state index contributed by atoms with van der Waals surface area (Å²) in [5.41, 5.74) is 2.57. The molecule has 2 atom stereocenters. The molecule has 1 saturated heterocycles. The van der Waals surface area contributed by atoms with Gasteiger partial charge in [-0.15, -0.1) is 0 Å². The first kappa shape index (κ1) is 16.6. The van der Waals surface area contributed by atoms with Crippen LogP contribution in [-0.2, 0) is 4.79 Å². The summed E-state index contributed by atoms with van der Waals surface area (Å²) in [7, 11) is 1.67. The third-order valence-corrected chi connectivity index (χ3v) is 4.09. The van der Waals surface area contributed by atoms with Gasteiger partial charge in [-0.25, -0.2) is 0 Å². The molecule has 1 fully saturated rings. The molecule has 4 nitrogen and oxygen atoms in total. The molecular weight excluding hydrogens is 276 g/mol. The topological polar surface area (TPSA) is 41.6 Å². The molecule has 1 N–H and O–H groups in total. The van der Waals surface area contributed by atoms with Gasteiger partial charge >= 0.3 is 0 Å². The lowest BCUT2D eigenvalue weighted by Gasteiger charge is -2.19. The quantitative estimate of drug-likeness (QED) is 0.850. The van der Waals surface area contributed by atoms with Crippen LogP contribution in [0.4, 0.5) is 0 Å². The first-order valence-electron chi connectivity index (χ1n) is 7.76. The van der Waals surface area contributed by atoms with Crippen molar-refractivity contribution in [2.45, 2.75) is 32.7 Å². The molecule has 1 amide bonds. The molecule has 1 aromatic carbocycles. The summed E-state index contributed by atoms with van der Waals surface area (Å²) >= 11 is 0. The van der Waals surface area contributed by atoms with Crippen LogP contribution in [0.15, 0.2) is 35.9 Å². The van der Waals surface area contributed by atoms with Crippen LogP contribution in [-0.4, -0.2) is 43.6 Å². The van der Waals surface area contributed by atoms with Gasteiger partial charge in [0.25, 0.3) is 0 Å². The van der Waals surface area contributed by atoms with Crippen LogP contribution in [0.3, 0.4) is 0 Å². The summed E-state index contributed by atoms with van der Waals surface area (Å²) in [6.07, 6.45) is 2.24. The molecule has 1 heterocycles. The Balaban J connectivity index is 2.13. The maximum atomic E-state index is 11.5. The van der Waals surface area contributed by atoms with Crippen LogP contribution >= 0.6 is 0 Å². The minimum atomic E-state index is 0.0348. The lowest BCUT2D eigenvalue weighted by molar-refractivity contribution is -0.119. The number of hydrogen-bond acceptors (Lipinski definition) is 3. The van der Waals surface area contributed by atoms with Crippen molar-refractivity contribution in [1.29, 1.82) is 0 Å². The molecule has 1 aromatic rings. The van der Waals surface area contributed by atoms with Crippen molar-refractivity contribution in [3.8, 4) is 5.75 Å². The number of carbonyl (C=O) groups is 1. The van der Waals surface area contributed by atoms with Crippen molar-refractivity contribution < 1.29 is 9.53 Å². The summed E-state index contributed by atoms with van der Waals surface area (Å²) in [6.45, 7) is 8.60. The Labute approximate surface area is 133 Å². The van der Waals surface area contributed by atoms with Crippen LogP contribution in [0.2, 0.25) is 0 Å². The molecule has 4 heteroatoms. The highest BCUT2D eigenvalue weighted by molar-refractivity contribution is 5.73. The normalized spacial score (nSPS) is 21.5. The number of ether oxygens (including phenoxy) is 1. The molecular formula is C18H26N2O2. The van der Waals surface area contributed by atoms with E-state index >= 15 is 0 Å². The summed E-state index contributed by atoms with van der Waals surface area (Å²) in [4.78, 5) is 13.9. The van der Waals surface area contributed by atoms with Gasteiger partial charge in [-0.3, -0.25) is 9.69 Å². The average Bonchev–Trinajstić information content (AvgIpc) is 2.87. The van der Waals surface area contributed by atoms with Gasteiger partial charge in [0.1, 0.15) is 5.75 Å². The highest BCUT2D eigenvalue weighted by atomic mass is 16.5. The summed E-state index contributed by atoms with van der Waals surface area (Å²) in [6, 6.07) is 8.33. The predicted octanol–water partition coefficient (Wildman–Crippen LogP) is 2.57. The summed E-state index contributed by atoms with van der Waals surface area (Å²) in [5.74, 6) is 1.21. The SMILES string of the molecule is COc1ccc([C@H]2CN(CC=C(C)C)C[C@@H]2NC(C)=O)cc1. The van der Waals surface area contributed by atoms with E-state index in [9.17, 15) is 4.79 Å². The van der Waals surface area contributed by atoms with E-state index in [1.54, 1.807) is 14.0 Å². The van der Waals surface area contributed by atoms with Crippen LogP contribution in [0, 0.1) is 0 Å². The third kappa shape index (κ3) is 4.34. The highest BCUT2D eigenvalue weighted by Crippen LogP contribution is 2.29. The van der Waals surface area contributed by atoms with Gasteiger partial charge < -0.3 is 10.1 Å². The van der Waals surface area contributed by atoms with Crippen LogP contribution in [0.25, 0.3) is 0 Å². The zero-order chi connectivity index (χ0) is 16.1. The van der Waals surface area contributed by atoms with Crippen molar-refractivity contribution >= 4 is 5.91 Å². The highest BCUT2D eigenvalue weighted by Gasteiger charge is 2.33. The number of likely N-dealkylation sites (tertiary alicyclic amines) is 1. The van der Waals surface area contributed by atoms with E-state index in [4.69, 9.17) is 4.74 Å². The number of carbonyl (C=O) groups excluding carboxylic acids is 1. The molecule has 1 aliphatic heterocycles. The van der Waals surface area contributed by atoms with Crippen LogP contribution in [0.1, 0.15) is 32.3 Å². The number of benzene rings is 1. The van der Waals surface area contributed by atoms with E-state index in [2.05, 4.69) is 42.3 Å². The summed E-state index contributed by atoms with van der Waals surface area (Å²) in [5, 5.41) is 3.10. The zero-order valence-corrected chi connectivity index (χ0v) is 13.9. The Bertz CT molecular complexity index is 533. The molecule has 2 rings (SSSR count). The van der Waals surface area contributed by atoms with Crippen molar-refractivity contribution in [1.82, 2.24) is 10.2 Å². The van der Waals surface area contributed by atoms with E-state index in [1.807, 2.05) is 12.1 Å². The number of methoxy groups -OCH3 is 1. The summed E-state index contributed by atoms with van der Waals surface area (Å²) < 4.78 is 5.22. The molecule has 120 valence electrons. The van der Waals surface area contributed by atoms with Gasteiger partial charge in [0.05, 0.1) is 7.11 Å². The zero-order valence-electron chi connectivity index (χ0n) is 13.9. The second-order valence-corrected chi connectivity index (χ2v) is 6.19. The Hall–Kier alpha value is -1.81. The second kappa shape index (κ2) is 7.45. The van der Waals surface area contributed by atoms with E-state index in [-0.39, 0.29) is 11.9 Å². The van der Waals surface area contributed by atoms with Crippen molar-refractivity contribution in [2.75, 3.05) is 26.7 Å². The molecule has 0 aliphatic carbocycles. The van der Waals surface area contributed by atoms with E-state index in [1.165, 1.54) is 11.1 Å². The molecule has 0 saturated carbocycles. The number of nitrogens with zero attached hydrogens (tertiary/aromatic N) is 1. The maximum absolute atomic E-state index is 11.5. The molecule has 0 spiro atoms. The second-order valence-electron chi connectivity index (χ2n) is 6.19. The van der Waals surface area contributed by atoms with Gasteiger partial charge in [-0.05, 0) is 31.5 Å². The Morgan fingerprint density at radius 2 is 1.95 bits per heavy atom. The molecule has 0 aromatic heterocycles. The first-order valence-corrected chi connectivity index (χ1v) is 7.76. The van der Waals surface area contributed by atoms with Gasteiger partial charge in [0.2, 0.25) is 5.91 Å². The lowest BCUT2D eigenvalue weighted by Crippen LogP contribution is -2.38. The number of allylic oxidation sites excluding steroid dienone is 1. The maximum Gasteiger partial charge on any atom is 0.217 e. The van der Waals surface area contributed by atoms with E-state index in [0.717, 1.165) is 25.4 Å². The number of hydrogen-bond donors (Lipinski definition) is 1. The fraction of sp³-hybridized carbons (Fsp3) is 0.500. The van der Waals surface area contributed by atoms with Crippen LogP contribution in [0.5, 0.6) is 5.75 Å². The molecule has 0 radical (unpaired) electrons. The van der Waals surface area contributed by atoms with Crippen LogP contribution < -0.4 is 10.1 Å². The predicted molar refractivity (Wildman–Crippen MR) is 89.2 cm³/mol. The standard InChI is InChI=1S/C18H26N2O2/c1-13(2)9-10-20-11-17(18(12-20)19-14(3)21)15-5-7-16(22-4)8-6-15/h5-9,17-18H,10-12H2,1-4H3,(H,19,21)/t17-,18+/m1/s1. The molecule has 22 heavy (non-hydrogen) atoms. The van der Waals surface area contributed by atoms with Gasteiger partial charge in [-0.2, -0.15) is 0 Å².